The van der Waals surface area contributed by atoms with Crippen LogP contribution in [-0.4, -0.2) is 60.6 Å². The highest BCUT2D eigenvalue weighted by atomic mass is 35.5. The Bertz CT molecular complexity index is 1500. The van der Waals surface area contributed by atoms with Crippen molar-refractivity contribution in [3.8, 4) is 5.69 Å². The van der Waals surface area contributed by atoms with Crippen molar-refractivity contribution >= 4 is 52.0 Å². The largest absolute Gasteiger partial charge is 0.386 e. The number of rotatable bonds is 7. The number of nitrogens with one attached hydrogen (secondary N) is 1. The zero-order valence-corrected chi connectivity index (χ0v) is 24.1. The number of thiocarbonyl (C=S) groups is 1. The minimum atomic E-state index is -0.906. The molecule has 9 nitrogen and oxygen atoms in total. The molecule has 1 fully saturated rings. The maximum Gasteiger partial charge on any atom is 0.350 e. The van der Waals surface area contributed by atoms with Crippen LogP contribution in [0.1, 0.15) is 31.1 Å². The molecule has 0 aliphatic carbocycles. The zero-order valence-electron chi connectivity index (χ0n) is 21.8. The molecule has 1 saturated heterocycles. The van der Waals surface area contributed by atoms with Crippen molar-refractivity contribution in [3.05, 3.63) is 99.3 Å². The fraction of sp³-hybridized carbons (Fsp3) is 0.286. The first-order valence-corrected chi connectivity index (χ1v) is 14.1. The summed E-state index contributed by atoms with van der Waals surface area (Å²) < 4.78 is 2.76. The van der Waals surface area contributed by atoms with Gasteiger partial charge in [-0.25, -0.2) is 19.0 Å². The lowest BCUT2D eigenvalue weighted by Gasteiger charge is -2.36. The van der Waals surface area contributed by atoms with E-state index < -0.39 is 12.1 Å². The van der Waals surface area contributed by atoms with Gasteiger partial charge in [0, 0.05) is 41.9 Å². The van der Waals surface area contributed by atoms with E-state index in [-0.39, 0.29) is 5.69 Å². The lowest BCUT2D eigenvalue weighted by molar-refractivity contribution is 0.101. The van der Waals surface area contributed by atoms with Gasteiger partial charge in [0.15, 0.2) is 5.11 Å². The van der Waals surface area contributed by atoms with Crippen molar-refractivity contribution in [3.63, 3.8) is 0 Å². The Labute approximate surface area is 247 Å². The molecule has 1 aliphatic heterocycles. The number of anilines is 2. The fourth-order valence-corrected chi connectivity index (χ4v) is 5.27. The highest BCUT2D eigenvalue weighted by molar-refractivity contribution is 7.80. The third kappa shape index (κ3) is 6.15. The molecule has 3 heterocycles. The number of aliphatic hydroxyl groups is 1. The smallest absolute Gasteiger partial charge is 0.350 e. The Morgan fingerprint density at radius 2 is 1.65 bits per heavy atom. The summed E-state index contributed by atoms with van der Waals surface area (Å²) in [6.45, 7) is 4.93. The number of benzene rings is 2. The van der Waals surface area contributed by atoms with Crippen LogP contribution in [0.25, 0.3) is 5.69 Å². The molecule has 0 amide bonds. The third-order valence-electron chi connectivity index (χ3n) is 7.00. The minimum Gasteiger partial charge on any atom is -0.386 e. The highest BCUT2D eigenvalue weighted by Crippen LogP contribution is 2.28. The average molecular weight is 599 g/mol. The molecular weight excluding hydrogens is 569 g/mol. The topological polar surface area (TPSA) is 91.4 Å². The number of aliphatic hydroxyl groups excluding tert-OH is 1. The molecule has 2 atom stereocenters. The molecule has 12 heteroatoms. The van der Waals surface area contributed by atoms with Crippen LogP contribution in [0.5, 0.6) is 0 Å². The van der Waals surface area contributed by atoms with E-state index >= 15 is 0 Å². The predicted molar refractivity (Wildman–Crippen MR) is 163 cm³/mol. The predicted octanol–water partition coefficient (Wildman–Crippen LogP) is 4.94. The molecule has 0 bridgehead atoms. The summed E-state index contributed by atoms with van der Waals surface area (Å²) in [5.74, 6) is 0.824. The molecule has 2 aromatic heterocycles. The highest BCUT2D eigenvalue weighted by Gasteiger charge is 2.25. The van der Waals surface area contributed by atoms with E-state index in [4.69, 9.17) is 35.4 Å². The average Bonchev–Trinajstić information content (AvgIpc) is 3.36. The van der Waals surface area contributed by atoms with Crippen molar-refractivity contribution in [1.82, 2.24) is 24.2 Å². The van der Waals surface area contributed by atoms with E-state index in [1.807, 2.05) is 43.3 Å². The van der Waals surface area contributed by atoms with E-state index in [9.17, 15) is 9.90 Å². The molecule has 40 heavy (non-hydrogen) atoms. The van der Waals surface area contributed by atoms with Crippen molar-refractivity contribution in [2.24, 2.45) is 0 Å². The van der Waals surface area contributed by atoms with Gasteiger partial charge in [-0.05, 0) is 72.7 Å². The van der Waals surface area contributed by atoms with Gasteiger partial charge in [0.1, 0.15) is 18.2 Å². The maximum atomic E-state index is 13.3. The molecular formula is C28H29Cl2N7O2S. The Hall–Kier alpha value is -3.44. The molecule has 0 radical (unpaired) electrons. The molecule has 0 spiro atoms. The number of piperazine rings is 1. The van der Waals surface area contributed by atoms with Crippen LogP contribution in [-0.2, 0) is 0 Å². The Morgan fingerprint density at radius 1 is 1.00 bits per heavy atom. The molecule has 2 N–H and O–H groups in total. The summed E-state index contributed by atoms with van der Waals surface area (Å²) >= 11 is 17.5. The van der Waals surface area contributed by atoms with Gasteiger partial charge >= 0.3 is 5.69 Å². The van der Waals surface area contributed by atoms with Crippen LogP contribution in [0, 0.1) is 0 Å². The summed E-state index contributed by atoms with van der Waals surface area (Å²) in [4.78, 5) is 22.2. The SMILES string of the molecule is CCC(C(O)c1ccc(Cl)cc1)n1ncn(-c2ccc(N3CCN(C(=S)Nc4ccc(Cl)cc4)CC3)nc2)c1=O. The summed E-state index contributed by atoms with van der Waals surface area (Å²) in [5, 5.41) is 20.5. The van der Waals surface area contributed by atoms with Crippen LogP contribution in [0.3, 0.4) is 0 Å². The second-order valence-electron chi connectivity index (χ2n) is 9.49. The zero-order chi connectivity index (χ0) is 28.2. The van der Waals surface area contributed by atoms with Crippen molar-refractivity contribution in [2.45, 2.75) is 25.5 Å². The van der Waals surface area contributed by atoms with Crippen LogP contribution >= 0.6 is 35.4 Å². The van der Waals surface area contributed by atoms with Crippen molar-refractivity contribution < 1.29 is 5.11 Å². The van der Waals surface area contributed by atoms with Crippen LogP contribution in [0.2, 0.25) is 10.0 Å². The number of halogens is 2. The summed E-state index contributed by atoms with van der Waals surface area (Å²) in [7, 11) is 0. The number of hydrogen-bond donors (Lipinski definition) is 2. The van der Waals surface area contributed by atoms with Gasteiger partial charge in [0.25, 0.3) is 0 Å². The Morgan fingerprint density at radius 3 is 2.25 bits per heavy atom. The molecule has 2 unspecified atom stereocenters. The van der Waals surface area contributed by atoms with E-state index in [2.05, 4.69) is 25.2 Å². The van der Waals surface area contributed by atoms with Crippen LogP contribution in [0.15, 0.2) is 78.0 Å². The molecule has 4 aromatic rings. The lowest BCUT2D eigenvalue weighted by Crippen LogP contribution is -2.50. The normalized spacial score (nSPS) is 15.1. The summed E-state index contributed by atoms with van der Waals surface area (Å²) in [6, 6.07) is 17.6. The minimum absolute atomic E-state index is 0.343. The second-order valence-corrected chi connectivity index (χ2v) is 10.7. The van der Waals surface area contributed by atoms with Gasteiger partial charge in [0.05, 0.1) is 17.9 Å². The Kier molecular flexibility index (Phi) is 8.70. The van der Waals surface area contributed by atoms with E-state index in [0.29, 0.717) is 32.8 Å². The molecule has 2 aromatic carbocycles. The second kappa shape index (κ2) is 12.4. The lowest BCUT2D eigenvalue weighted by atomic mass is 10.0. The van der Waals surface area contributed by atoms with E-state index in [1.54, 1.807) is 30.5 Å². The third-order valence-corrected chi connectivity index (χ3v) is 7.86. The molecule has 5 rings (SSSR count). The van der Waals surface area contributed by atoms with Gasteiger partial charge in [-0.3, -0.25) is 0 Å². The first kappa shape index (κ1) is 28.1. The standard InChI is InChI=1S/C28H29Cl2N7O2S/c1-2-24(26(38)19-3-5-20(29)6-4-19)37-28(39)36(18-32-37)23-11-12-25(31-17-23)34-13-15-35(16-14-34)27(40)33-22-9-7-21(30)8-10-22/h3-12,17-18,24,26,38H,2,13-16H2,1H3,(H,33,40). The first-order valence-electron chi connectivity index (χ1n) is 13.0. The number of pyridine rings is 1. The van der Waals surface area contributed by atoms with Gasteiger partial charge in [-0.15, -0.1) is 0 Å². The quantitative estimate of drug-likeness (QED) is 0.289. The number of aromatic nitrogens is 4. The molecule has 208 valence electrons. The Balaban J connectivity index is 1.22. The van der Waals surface area contributed by atoms with Crippen LogP contribution in [0.4, 0.5) is 11.5 Å². The molecule has 0 saturated carbocycles. The number of hydrogen-bond acceptors (Lipinski definition) is 6. The number of nitrogens with zero attached hydrogens (tertiary/aromatic N) is 6. The first-order chi connectivity index (χ1) is 19.3. The van der Waals surface area contributed by atoms with E-state index in [0.717, 1.165) is 37.7 Å². The van der Waals surface area contributed by atoms with Crippen LogP contribution < -0.4 is 15.9 Å². The van der Waals surface area contributed by atoms with Gasteiger partial charge in [-0.1, -0.05) is 42.3 Å². The van der Waals surface area contributed by atoms with Crippen molar-refractivity contribution in [2.75, 3.05) is 36.4 Å². The van der Waals surface area contributed by atoms with Crippen molar-refractivity contribution in [1.29, 1.82) is 0 Å². The summed E-state index contributed by atoms with van der Waals surface area (Å²) in [6.07, 6.45) is 2.74. The fourth-order valence-electron chi connectivity index (χ4n) is 4.72. The van der Waals surface area contributed by atoms with E-state index in [1.165, 1.54) is 15.6 Å². The van der Waals surface area contributed by atoms with Gasteiger partial charge < -0.3 is 20.2 Å². The maximum absolute atomic E-state index is 13.3. The van der Waals surface area contributed by atoms with Gasteiger partial charge in [0.2, 0.25) is 0 Å². The van der Waals surface area contributed by atoms with Gasteiger partial charge in [-0.2, -0.15) is 5.10 Å². The monoisotopic (exact) mass is 597 g/mol. The molecule has 1 aliphatic rings. The summed E-state index contributed by atoms with van der Waals surface area (Å²) in [5.41, 5.74) is 1.83.